The SMILES string of the molecule is CSc1nc(NC2CC2)n2ncc(/C=C3\CC(=O)NC3=O)c2n1.CSc1nc(NC2CC2)n2ncc(C=O)c2n1. The average molecular weight is 580 g/mol. The predicted octanol–water partition coefficient (Wildman–Crippen LogP) is 2.08. The number of hydrogen-bond donors (Lipinski definition) is 3. The summed E-state index contributed by atoms with van der Waals surface area (Å²) in [6.45, 7) is 0. The van der Waals surface area contributed by atoms with Crippen LogP contribution >= 0.6 is 23.5 Å². The van der Waals surface area contributed by atoms with Crippen LogP contribution in [0.15, 0.2) is 28.3 Å². The molecule has 2 saturated carbocycles. The molecule has 0 atom stereocenters. The quantitative estimate of drug-likeness (QED) is 0.120. The summed E-state index contributed by atoms with van der Waals surface area (Å²) in [6.07, 6.45) is 14.0. The van der Waals surface area contributed by atoms with Gasteiger partial charge in [0.15, 0.2) is 27.9 Å². The van der Waals surface area contributed by atoms with Gasteiger partial charge in [0.2, 0.25) is 17.8 Å². The van der Waals surface area contributed by atoms with Crippen LogP contribution in [0.2, 0.25) is 0 Å². The standard InChI is InChI=1S/C14H14N6O2S.C10H11N5OS/c1-23-14-18-11-8(4-7-5-10(21)17-12(7)22)6-15-20(11)13(19-14)16-9-2-3-9;1-17-10-13-8-6(5-16)4-11-15(8)9(14-10)12-7-2-3-7/h4,6,9H,2-3,5H2,1H3,(H,16,18,19)(H,17,21,22);4-5,7H,2-3H2,1H3,(H,12,13,14)/b7-4+;. The Labute approximate surface area is 236 Å². The van der Waals surface area contributed by atoms with E-state index in [-0.39, 0.29) is 18.2 Å². The Morgan fingerprint density at radius 1 is 0.850 bits per heavy atom. The van der Waals surface area contributed by atoms with Crippen LogP contribution in [-0.4, -0.2) is 81.9 Å². The number of thioether (sulfide) groups is 2. The molecule has 0 spiro atoms. The first kappa shape index (κ1) is 26.2. The number of amides is 2. The molecule has 7 rings (SSSR count). The lowest BCUT2D eigenvalue weighted by Crippen LogP contribution is -2.19. The van der Waals surface area contributed by atoms with Gasteiger partial charge in [-0.05, 0) is 44.3 Å². The molecule has 0 bridgehead atoms. The van der Waals surface area contributed by atoms with Crippen molar-refractivity contribution >= 4 is 70.9 Å². The third-order valence-corrected chi connectivity index (χ3v) is 7.38. The molecular formula is C24H25N11O3S2. The zero-order valence-corrected chi connectivity index (χ0v) is 23.3. The summed E-state index contributed by atoms with van der Waals surface area (Å²) < 4.78 is 3.22. The van der Waals surface area contributed by atoms with E-state index in [9.17, 15) is 14.4 Å². The van der Waals surface area contributed by atoms with Crippen molar-refractivity contribution in [2.24, 2.45) is 0 Å². The molecule has 4 aromatic heterocycles. The van der Waals surface area contributed by atoms with Crippen molar-refractivity contribution in [2.45, 2.75) is 54.5 Å². The lowest BCUT2D eigenvalue weighted by molar-refractivity contribution is -0.124. The number of nitrogens with zero attached hydrogens (tertiary/aromatic N) is 8. The first-order valence-electron chi connectivity index (χ1n) is 12.6. The Hall–Kier alpha value is -4.05. The molecule has 16 heteroatoms. The van der Waals surface area contributed by atoms with Gasteiger partial charge in [-0.3, -0.25) is 19.7 Å². The minimum Gasteiger partial charge on any atom is -0.351 e. The first-order chi connectivity index (χ1) is 19.4. The maximum atomic E-state index is 11.7. The monoisotopic (exact) mass is 579 g/mol. The van der Waals surface area contributed by atoms with Gasteiger partial charge in [-0.25, -0.2) is 9.97 Å². The second-order valence-corrected chi connectivity index (χ2v) is 11.0. The van der Waals surface area contributed by atoms with Crippen molar-refractivity contribution in [2.75, 3.05) is 23.1 Å². The topological polar surface area (TPSA) is 173 Å². The molecule has 0 radical (unpaired) electrons. The Morgan fingerprint density at radius 3 is 1.82 bits per heavy atom. The van der Waals surface area contributed by atoms with Crippen LogP contribution in [0.1, 0.15) is 48.0 Å². The minimum absolute atomic E-state index is 0.0871. The van der Waals surface area contributed by atoms with Crippen LogP contribution in [-0.2, 0) is 9.59 Å². The summed E-state index contributed by atoms with van der Waals surface area (Å²) in [5.41, 5.74) is 2.78. The summed E-state index contributed by atoms with van der Waals surface area (Å²) in [4.78, 5) is 51.5. The van der Waals surface area contributed by atoms with E-state index in [0.717, 1.165) is 32.0 Å². The summed E-state index contributed by atoms with van der Waals surface area (Å²) in [5, 5.41) is 18.6. The Kier molecular flexibility index (Phi) is 7.10. The molecule has 4 aromatic rings. The third-order valence-electron chi connectivity index (χ3n) is 6.29. The van der Waals surface area contributed by atoms with Crippen molar-refractivity contribution in [3.63, 3.8) is 0 Å². The maximum Gasteiger partial charge on any atom is 0.254 e. The van der Waals surface area contributed by atoms with Crippen molar-refractivity contribution in [1.82, 2.24) is 44.5 Å². The molecule has 0 unspecified atom stereocenters. The molecule has 2 aliphatic carbocycles. The number of hydrogen-bond acceptors (Lipinski definition) is 13. The number of carbonyl (C=O) groups is 3. The van der Waals surface area contributed by atoms with Crippen molar-refractivity contribution in [3.05, 3.63) is 29.1 Å². The minimum atomic E-state index is -0.357. The summed E-state index contributed by atoms with van der Waals surface area (Å²) in [5.74, 6) is 0.673. The Morgan fingerprint density at radius 2 is 1.38 bits per heavy atom. The molecule has 5 heterocycles. The number of aromatic nitrogens is 8. The molecular weight excluding hydrogens is 554 g/mol. The van der Waals surface area contributed by atoms with Gasteiger partial charge in [0.25, 0.3) is 5.91 Å². The summed E-state index contributed by atoms with van der Waals surface area (Å²) in [6, 6.07) is 0.915. The molecule has 1 aliphatic heterocycles. The van der Waals surface area contributed by atoms with Gasteiger partial charge in [0.1, 0.15) is 0 Å². The number of fused-ring (bicyclic) bond motifs is 2. The highest BCUT2D eigenvalue weighted by Crippen LogP contribution is 2.27. The molecule has 14 nitrogen and oxygen atoms in total. The van der Waals surface area contributed by atoms with Gasteiger partial charge in [0.05, 0.1) is 24.4 Å². The molecule has 1 saturated heterocycles. The predicted molar refractivity (Wildman–Crippen MR) is 150 cm³/mol. The lowest BCUT2D eigenvalue weighted by Gasteiger charge is -2.07. The number of rotatable bonds is 8. The summed E-state index contributed by atoms with van der Waals surface area (Å²) >= 11 is 2.89. The van der Waals surface area contributed by atoms with E-state index >= 15 is 0 Å². The van der Waals surface area contributed by atoms with Crippen LogP contribution in [0.3, 0.4) is 0 Å². The summed E-state index contributed by atoms with van der Waals surface area (Å²) in [7, 11) is 0. The number of imide groups is 1. The van der Waals surface area contributed by atoms with Gasteiger partial charge < -0.3 is 10.6 Å². The van der Waals surface area contributed by atoms with Crippen LogP contribution in [0.4, 0.5) is 11.9 Å². The lowest BCUT2D eigenvalue weighted by atomic mass is 10.1. The molecule has 3 aliphatic rings. The van der Waals surface area contributed by atoms with Gasteiger partial charge in [0, 0.05) is 23.2 Å². The average Bonchev–Trinajstić information content (AvgIpc) is 3.84. The second kappa shape index (κ2) is 10.8. The van der Waals surface area contributed by atoms with Crippen molar-refractivity contribution in [3.8, 4) is 0 Å². The maximum absolute atomic E-state index is 11.7. The van der Waals surface area contributed by atoms with Crippen LogP contribution in [0, 0.1) is 0 Å². The van der Waals surface area contributed by atoms with E-state index in [2.05, 4.69) is 46.1 Å². The van der Waals surface area contributed by atoms with E-state index in [1.54, 1.807) is 21.3 Å². The van der Waals surface area contributed by atoms with E-state index < -0.39 is 0 Å². The van der Waals surface area contributed by atoms with Gasteiger partial charge in [-0.15, -0.1) is 0 Å². The number of aldehydes is 1. The normalized spacial score (nSPS) is 17.7. The van der Waals surface area contributed by atoms with Crippen molar-refractivity contribution < 1.29 is 14.4 Å². The zero-order valence-electron chi connectivity index (χ0n) is 21.6. The first-order valence-corrected chi connectivity index (χ1v) is 15.0. The zero-order chi connectivity index (χ0) is 27.8. The molecule has 40 heavy (non-hydrogen) atoms. The van der Waals surface area contributed by atoms with Crippen LogP contribution < -0.4 is 16.0 Å². The molecule has 2 amide bonds. The molecule has 0 aromatic carbocycles. The highest BCUT2D eigenvalue weighted by molar-refractivity contribution is 7.98. The molecule has 3 N–H and O–H groups in total. The van der Waals surface area contributed by atoms with E-state index in [0.29, 0.717) is 62.3 Å². The Bertz CT molecular complexity index is 1670. The third kappa shape index (κ3) is 5.49. The van der Waals surface area contributed by atoms with Gasteiger partial charge >= 0.3 is 0 Å². The Balaban J connectivity index is 0.000000151. The van der Waals surface area contributed by atoms with Gasteiger partial charge in [-0.2, -0.15) is 29.2 Å². The molecule has 206 valence electrons. The van der Waals surface area contributed by atoms with E-state index in [1.807, 2.05) is 12.5 Å². The number of nitrogens with one attached hydrogen (secondary N) is 3. The van der Waals surface area contributed by atoms with Gasteiger partial charge in [-0.1, -0.05) is 23.5 Å². The fraction of sp³-hybridized carbons (Fsp3) is 0.375. The van der Waals surface area contributed by atoms with Crippen molar-refractivity contribution in [1.29, 1.82) is 0 Å². The molecule has 3 fully saturated rings. The fourth-order valence-electron chi connectivity index (χ4n) is 3.93. The highest BCUT2D eigenvalue weighted by Gasteiger charge is 2.26. The van der Waals surface area contributed by atoms with E-state index in [4.69, 9.17) is 0 Å². The fourth-order valence-corrected chi connectivity index (χ4v) is 4.64. The second-order valence-electron chi connectivity index (χ2n) is 9.42. The highest BCUT2D eigenvalue weighted by atomic mass is 32.2. The number of carbonyl (C=O) groups excluding carboxylic acids is 3. The largest absolute Gasteiger partial charge is 0.351 e. The van der Waals surface area contributed by atoms with Crippen LogP contribution in [0.5, 0.6) is 0 Å². The van der Waals surface area contributed by atoms with Crippen LogP contribution in [0.25, 0.3) is 17.4 Å². The number of anilines is 2. The van der Waals surface area contributed by atoms with E-state index in [1.165, 1.54) is 29.7 Å². The smallest absolute Gasteiger partial charge is 0.254 e.